The Hall–Kier alpha value is -2.34. The summed E-state index contributed by atoms with van der Waals surface area (Å²) in [5.41, 5.74) is 1.43. The molecule has 0 N–H and O–H groups in total. The van der Waals surface area contributed by atoms with Gasteiger partial charge in [-0.2, -0.15) is 0 Å². The van der Waals surface area contributed by atoms with Gasteiger partial charge in [-0.05, 0) is 49.8 Å². The minimum atomic E-state index is -0.486. The van der Waals surface area contributed by atoms with Crippen molar-refractivity contribution in [3.63, 3.8) is 0 Å². The van der Waals surface area contributed by atoms with E-state index < -0.39 is 5.63 Å². The number of likely N-dealkylation sites (tertiary alicyclic amines) is 1. The van der Waals surface area contributed by atoms with Crippen LogP contribution in [0.25, 0.3) is 11.0 Å². The maximum Gasteiger partial charge on any atom is 0.336 e. The molecule has 1 aliphatic carbocycles. The van der Waals surface area contributed by atoms with E-state index in [9.17, 15) is 14.4 Å². The zero-order valence-corrected chi connectivity index (χ0v) is 17.2. The van der Waals surface area contributed by atoms with E-state index in [-0.39, 0.29) is 30.3 Å². The molecule has 1 aromatic carbocycles. The number of hydrogen-bond donors (Lipinski definition) is 0. The highest BCUT2D eigenvalue weighted by Gasteiger charge is 2.36. The molecule has 2 aromatic rings. The molecule has 1 saturated carbocycles. The number of nitrogens with zero attached hydrogens (tertiary/aromatic N) is 1. The van der Waals surface area contributed by atoms with Crippen LogP contribution < -0.4 is 5.63 Å². The molecule has 0 bridgehead atoms. The molecule has 2 aliphatic rings. The third-order valence-electron chi connectivity index (χ3n) is 5.81. The van der Waals surface area contributed by atoms with Gasteiger partial charge in [0, 0.05) is 41.0 Å². The maximum atomic E-state index is 12.5. The fourth-order valence-corrected chi connectivity index (χ4v) is 4.17. The van der Waals surface area contributed by atoms with E-state index in [4.69, 9.17) is 20.8 Å². The van der Waals surface area contributed by atoms with Gasteiger partial charge in [-0.25, -0.2) is 4.79 Å². The standard InChI is InChI=1S/C22H24ClNO5/c1-2-13-9-19-17(11-18(13)23)16(10-20(25)29-19)12-28-22(27)15-5-7-24(8-6-15)21(26)14-3-4-14/h9-11,14-15H,2-8,12H2,1H3. The normalized spacial score (nSPS) is 17.5. The van der Waals surface area contributed by atoms with Crippen molar-refractivity contribution in [2.75, 3.05) is 13.1 Å². The number of rotatable bonds is 5. The molecule has 0 unspecified atom stereocenters. The molecule has 1 amide bonds. The maximum absolute atomic E-state index is 12.5. The second kappa shape index (κ2) is 8.19. The topological polar surface area (TPSA) is 76.8 Å². The Labute approximate surface area is 173 Å². The molecule has 2 heterocycles. The van der Waals surface area contributed by atoms with Gasteiger partial charge in [-0.15, -0.1) is 0 Å². The number of carbonyl (C=O) groups is 2. The van der Waals surface area contributed by atoms with Crippen LogP contribution in [0.4, 0.5) is 0 Å². The van der Waals surface area contributed by atoms with Gasteiger partial charge >= 0.3 is 11.6 Å². The number of esters is 1. The Morgan fingerprint density at radius 1 is 1.10 bits per heavy atom. The lowest BCUT2D eigenvalue weighted by molar-refractivity contribution is -0.153. The number of benzene rings is 1. The van der Waals surface area contributed by atoms with Gasteiger partial charge in [0.1, 0.15) is 12.2 Å². The van der Waals surface area contributed by atoms with Crippen molar-refractivity contribution < 1.29 is 18.7 Å². The number of halogens is 1. The zero-order valence-electron chi connectivity index (χ0n) is 16.4. The molecular formula is C22H24ClNO5. The first-order valence-electron chi connectivity index (χ1n) is 10.2. The number of ether oxygens (including phenoxy) is 1. The number of hydrogen-bond acceptors (Lipinski definition) is 5. The average Bonchev–Trinajstić information content (AvgIpc) is 3.56. The van der Waals surface area contributed by atoms with Crippen molar-refractivity contribution in [3.8, 4) is 0 Å². The number of piperidine rings is 1. The van der Waals surface area contributed by atoms with E-state index in [1.165, 1.54) is 6.07 Å². The van der Waals surface area contributed by atoms with Crippen LogP contribution >= 0.6 is 11.6 Å². The second-order valence-electron chi connectivity index (χ2n) is 7.87. The predicted octanol–water partition coefficient (Wildman–Crippen LogP) is 3.70. The van der Waals surface area contributed by atoms with Crippen LogP contribution in [0.1, 0.15) is 43.7 Å². The van der Waals surface area contributed by atoms with Crippen LogP contribution in [0, 0.1) is 11.8 Å². The van der Waals surface area contributed by atoms with Gasteiger partial charge in [-0.1, -0.05) is 18.5 Å². The van der Waals surface area contributed by atoms with E-state index in [0.717, 1.165) is 24.8 Å². The highest BCUT2D eigenvalue weighted by atomic mass is 35.5. The van der Waals surface area contributed by atoms with Crippen LogP contribution in [-0.4, -0.2) is 29.9 Å². The predicted molar refractivity (Wildman–Crippen MR) is 109 cm³/mol. The Kier molecular flexibility index (Phi) is 5.63. The third kappa shape index (κ3) is 4.32. The third-order valence-corrected chi connectivity index (χ3v) is 6.17. The SMILES string of the molecule is CCc1cc2oc(=O)cc(COC(=O)C3CCN(C(=O)C4CC4)CC3)c2cc1Cl. The molecule has 0 atom stereocenters. The van der Waals surface area contributed by atoms with Gasteiger partial charge in [-0.3, -0.25) is 9.59 Å². The van der Waals surface area contributed by atoms with Crippen LogP contribution in [0.2, 0.25) is 5.02 Å². The first-order valence-corrected chi connectivity index (χ1v) is 10.5. The first-order chi connectivity index (χ1) is 14.0. The first kappa shape index (κ1) is 20.0. The summed E-state index contributed by atoms with van der Waals surface area (Å²) >= 11 is 6.31. The quantitative estimate of drug-likeness (QED) is 0.547. The molecule has 0 spiro atoms. The highest BCUT2D eigenvalue weighted by molar-refractivity contribution is 6.32. The molecule has 1 aliphatic heterocycles. The van der Waals surface area contributed by atoms with Crippen molar-refractivity contribution in [1.29, 1.82) is 0 Å². The van der Waals surface area contributed by atoms with E-state index >= 15 is 0 Å². The van der Waals surface area contributed by atoms with Crippen LogP contribution in [0.15, 0.2) is 27.4 Å². The fourth-order valence-electron chi connectivity index (χ4n) is 3.87. The smallest absolute Gasteiger partial charge is 0.336 e. The van der Waals surface area contributed by atoms with E-state index in [0.29, 0.717) is 47.5 Å². The summed E-state index contributed by atoms with van der Waals surface area (Å²) in [5.74, 6) is -0.0830. The summed E-state index contributed by atoms with van der Waals surface area (Å²) < 4.78 is 10.8. The zero-order chi connectivity index (χ0) is 20.5. The minimum Gasteiger partial charge on any atom is -0.461 e. The summed E-state index contributed by atoms with van der Waals surface area (Å²) in [6.07, 6.45) is 3.92. The number of amides is 1. The molecule has 6 nitrogen and oxygen atoms in total. The Morgan fingerprint density at radius 3 is 2.48 bits per heavy atom. The Bertz CT molecular complexity index is 1000. The van der Waals surface area contributed by atoms with Gasteiger partial charge in [0.2, 0.25) is 5.91 Å². The van der Waals surface area contributed by atoms with Gasteiger partial charge < -0.3 is 14.1 Å². The van der Waals surface area contributed by atoms with Crippen LogP contribution in [0.3, 0.4) is 0 Å². The van der Waals surface area contributed by atoms with Crippen molar-refractivity contribution in [2.24, 2.45) is 11.8 Å². The summed E-state index contributed by atoms with van der Waals surface area (Å²) in [5, 5.41) is 1.26. The molecule has 4 rings (SSSR count). The Morgan fingerprint density at radius 2 is 1.83 bits per heavy atom. The number of fused-ring (bicyclic) bond motifs is 1. The molecular weight excluding hydrogens is 394 g/mol. The molecule has 154 valence electrons. The van der Waals surface area contributed by atoms with E-state index in [1.54, 1.807) is 12.1 Å². The van der Waals surface area contributed by atoms with E-state index in [1.807, 2.05) is 11.8 Å². The lowest BCUT2D eigenvalue weighted by Crippen LogP contribution is -2.41. The fraction of sp³-hybridized carbons (Fsp3) is 0.500. The average molecular weight is 418 g/mol. The van der Waals surface area contributed by atoms with Gasteiger partial charge in [0.05, 0.1) is 5.92 Å². The highest BCUT2D eigenvalue weighted by Crippen LogP contribution is 2.33. The minimum absolute atomic E-state index is 0.00997. The molecule has 2 fully saturated rings. The largest absolute Gasteiger partial charge is 0.461 e. The number of aryl methyl sites for hydroxylation is 1. The summed E-state index contributed by atoms with van der Waals surface area (Å²) in [7, 11) is 0. The van der Waals surface area contributed by atoms with E-state index in [2.05, 4.69) is 0 Å². The van der Waals surface area contributed by atoms with Gasteiger partial charge in [0.25, 0.3) is 0 Å². The van der Waals surface area contributed by atoms with Crippen molar-refractivity contribution in [1.82, 2.24) is 4.90 Å². The molecule has 1 saturated heterocycles. The number of carbonyl (C=O) groups excluding carboxylic acids is 2. The van der Waals surface area contributed by atoms with Crippen LogP contribution in [-0.2, 0) is 27.4 Å². The summed E-state index contributed by atoms with van der Waals surface area (Å²) in [6.45, 7) is 3.16. The molecule has 0 radical (unpaired) electrons. The summed E-state index contributed by atoms with van der Waals surface area (Å²) in [4.78, 5) is 38.5. The molecule has 29 heavy (non-hydrogen) atoms. The van der Waals surface area contributed by atoms with Crippen molar-refractivity contribution in [3.05, 3.63) is 44.8 Å². The van der Waals surface area contributed by atoms with Crippen molar-refractivity contribution >= 4 is 34.4 Å². The second-order valence-corrected chi connectivity index (χ2v) is 8.27. The summed E-state index contributed by atoms with van der Waals surface area (Å²) in [6, 6.07) is 4.86. The molecule has 1 aromatic heterocycles. The Balaban J connectivity index is 1.41. The molecule has 7 heteroatoms. The lowest BCUT2D eigenvalue weighted by Gasteiger charge is -2.31. The van der Waals surface area contributed by atoms with Crippen LogP contribution in [0.5, 0.6) is 0 Å². The lowest BCUT2D eigenvalue weighted by atomic mass is 9.96. The monoisotopic (exact) mass is 417 g/mol. The van der Waals surface area contributed by atoms with Crippen molar-refractivity contribution in [2.45, 2.75) is 45.6 Å². The van der Waals surface area contributed by atoms with Gasteiger partial charge in [0.15, 0.2) is 0 Å².